The summed E-state index contributed by atoms with van der Waals surface area (Å²) in [4.78, 5) is 0. The van der Waals surface area contributed by atoms with Crippen molar-refractivity contribution in [3.63, 3.8) is 0 Å². The first kappa shape index (κ1) is 18.9. The van der Waals surface area contributed by atoms with E-state index >= 15 is 0 Å². The molecule has 20 heavy (non-hydrogen) atoms. The van der Waals surface area contributed by atoms with Crippen LogP contribution in [0.25, 0.3) is 0 Å². The average Bonchev–Trinajstić information content (AvgIpc) is 2.47. The predicted octanol–water partition coefficient (Wildman–Crippen LogP) is 4.26. The Kier molecular flexibility index (Phi) is 13.6. The molecule has 0 saturated carbocycles. The number of unbranched alkanes of at least 4 members (excludes halogenated alkanes) is 2. The maximum Gasteiger partial charge on any atom is 0.106 e. The molecule has 0 N–H and O–H groups in total. The van der Waals surface area contributed by atoms with E-state index < -0.39 is 0 Å². The highest BCUT2D eigenvalue weighted by Gasteiger charge is 2.16. The van der Waals surface area contributed by atoms with Gasteiger partial charge in [-0.3, -0.25) is 0 Å². The number of methoxy groups -OCH3 is 1. The first-order valence-corrected chi connectivity index (χ1v) is 7.52. The molecule has 0 bridgehead atoms. The molecule has 0 aliphatic carbocycles. The molecule has 0 amide bonds. The third kappa shape index (κ3) is 9.82. The van der Waals surface area contributed by atoms with Crippen molar-refractivity contribution in [3.05, 3.63) is 37.1 Å². The Morgan fingerprint density at radius 2 is 1.55 bits per heavy atom. The zero-order valence-corrected chi connectivity index (χ0v) is 13.2. The highest BCUT2D eigenvalue weighted by molar-refractivity contribution is 5.07. The third-order valence-electron chi connectivity index (χ3n) is 2.80. The van der Waals surface area contributed by atoms with Gasteiger partial charge in [-0.25, -0.2) is 0 Å². The Balaban J connectivity index is 4.46. The molecule has 0 unspecified atom stereocenters. The van der Waals surface area contributed by atoms with E-state index in [1.165, 1.54) is 0 Å². The van der Waals surface area contributed by atoms with Crippen LogP contribution in [-0.4, -0.2) is 32.5 Å². The van der Waals surface area contributed by atoms with Gasteiger partial charge in [0.05, 0.1) is 13.4 Å². The van der Waals surface area contributed by atoms with Gasteiger partial charge in [-0.15, -0.1) is 6.58 Å². The molecule has 0 aromatic heterocycles. The average molecular weight is 282 g/mol. The van der Waals surface area contributed by atoms with Crippen LogP contribution in [0.1, 0.15) is 39.5 Å². The van der Waals surface area contributed by atoms with Crippen LogP contribution < -0.4 is 0 Å². The Morgan fingerprint density at radius 3 is 2.05 bits per heavy atom. The van der Waals surface area contributed by atoms with Gasteiger partial charge in [0, 0.05) is 13.2 Å². The molecule has 0 aromatic carbocycles. The predicted molar refractivity (Wildman–Crippen MR) is 84.8 cm³/mol. The molecule has 0 aromatic rings. The molecular formula is C17H30O3. The van der Waals surface area contributed by atoms with Gasteiger partial charge in [0.25, 0.3) is 0 Å². The molecule has 116 valence electrons. The topological polar surface area (TPSA) is 27.7 Å². The maximum absolute atomic E-state index is 5.89. The molecule has 0 spiro atoms. The van der Waals surface area contributed by atoms with Crippen LogP contribution in [0.2, 0.25) is 0 Å². The summed E-state index contributed by atoms with van der Waals surface area (Å²) in [6.45, 7) is 9.63. The Morgan fingerprint density at radius 1 is 0.950 bits per heavy atom. The second-order valence-corrected chi connectivity index (χ2v) is 4.56. The molecular weight excluding hydrogens is 252 g/mol. The van der Waals surface area contributed by atoms with E-state index in [9.17, 15) is 0 Å². The molecule has 0 saturated heterocycles. The van der Waals surface area contributed by atoms with Crippen molar-refractivity contribution in [1.29, 1.82) is 0 Å². The van der Waals surface area contributed by atoms with Crippen molar-refractivity contribution in [3.8, 4) is 0 Å². The Bertz CT molecular complexity index is 271. The maximum atomic E-state index is 5.89. The molecule has 3 nitrogen and oxygen atoms in total. The van der Waals surface area contributed by atoms with E-state index in [1.807, 2.05) is 24.3 Å². The summed E-state index contributed by atoms with van der Waals surface area (Å²) in [5, 5.41) is 0. The van der Waals surface area contributed by atoms with Crippen LogP contribution in [-0.2, 0) is 14.2 Å². The van der Waals surface area contributed by atoms with Crippen molar-refractivity contribution < 1.29 is 14.2 Å². The first-order chi connectivity index (χ1) is 9.79. The second kappa shape index (κ2) is 14.4. The number of hydrogen-bond donors (Lipinski definition) is 0. The van der Waals surface area contributed by atoms with Crippen LogP contribution in [0, 0.1) is 0 Å². The van der Waals surface area contributed by atoms with E-state index in [1.54, 1.807) is 13.4 Å². The minimum absolute atomic E-state index is 0.0996. The lowest BCUT2D eigenvalue weighted by Crippen LogP contribution is -2.29. The van der Waals surface area contributed by atoms with Gasteiger partial charge in [0.1, 0.15) is 12.2 Å². The number of rotatable bonds is 13. The van der Waals surface area contributed by atoms with Crippen molar-refractivity contribution in [2.75, 3.05) is 20.3 Å². The number of ether oxygens (including phenoxy) is 3. The van der Waals surface area contributed by atoms with E-state index in [0.29, 0.717) is 0 Å². The zero-order valence-electron chi connectivity index (χ0n) is 13.2. The molecule has 0 rings (SSSR count). The van der Waals surface area contributed by atoms with Crippen molar-refractivity contribution in [1.82, 2.24) is 0 Å². The molecule has 0 heterocycles. The van der Waals surface area contributed by atoms with Gasteiger partial charge in [0.15, 0.2) is 0 Å². The van der Waals surface area contributed by atoms with Crippen LogP contribution in [0.5, 0.6) is 0 Å². The fourth-order valence-corrected chi connectivity index (χ4v) is 1.58. The minimum atomic E-state index is -0.106. The van der Waals surface area contributed by atoms with Gasteiger partial charge in [-0.1, -0.05) is 44.9 Å². The van der Waals surface area contributed by atoms with Gasteiger partial charge in [-0.05, 0) is 18.9 Å². The summed E-state index contributed by atoms with van der Waals surface area (Å²) >= 11 is 0. The fraction of sp³-hybridized carbons (Fsp3) is 0.647. The zero-order chi connectivity index (χ0) is 15.1. The van der Waals surface area contributed by atoms with Crippen LogP contribution >= 0.6 is 0 Å². The van der Waals surface area contributed by atoms with E-state index in [-0.39, 0.29) is 12.2 Å². The summed E-state index contributed by atoms with van der Waals surface area (Å²) in [5.41, 5.74) is 0. The van der Waals surface area contributed by atoms with E-state index in [4.69, 9.17) is 14.2 Å². The Hall–Kier alpha value is -1.06. The molecule has 0 aliphatic rings. The minimum Gasteiger partial charge on any atom is -0.504 e. The SMILES string of the molecule is C=C[C@H](OCCCC)[C@@H](/C=C\C=C\OC)OCCCC. The molecule has 2 atom stereocenters. The van der Waals surface area contributed by atoms with Gasteiger partial charge >= 0.3 is 0 Å². The fourth-order valence-electron chi connectivity index (χ4n) is 1.58. The lowest BCUT2D eigenvalue weighted by Gasteiger charge is -2.22. The summed E-state index contributed by atoms with van der Waals surface area (Å²) in [7, 11) is 1.62. The number of allylic oxidation sites excluding steroid dienone is 2. The summed E-state index contributed by atoms with van der Waals surface area (Å²) in [6.07, 6.45) is 13.3. The lowest BCUT2D eigenvalue weighted by atomic mass is 10.1. The highest BCUT2D eigenvalue weighted by Crippen LogP contribution is 2.10. The third-order valence-corrected chi connectivity index (χ3v) is 2.80. The largest absolute Gasteiger partial charge is 0.504 e. The smallest absolute Gasteiger partial charge is 0.106 e. The van der Waals surface area contributed by atoms with Crippen molar-refractivity contribution in [2.45, 2.75) is 51.7 Å². The lowest BCUT2D eigenvalue weighted by molar-refractivity contribution is -0.0303. The van der Waals surface area contributed by atoms with Crippen LogP contribution in [0.15, 0.2) is 37.1 Å². The quantitative estimate of drug-likeness (QED) is 0.219. The van der Waals surface area contributed by atoms with Crippen LogP contribution in [0.4, 0.5) is 0 Å². The van der Waals surface area contributed by atoms with Crippen molar-refractivity contribution >= 4 is 0 Å². The second-order valence-electron chi connectivity index (χ2n) is 4.56. The van der Waals surface area contributed by atoms with Crippen molar-refractivity contribution in [2.24, 2.45) is 0 Å². The van der Waals surface area contributed by atoms with Gasteiger partial charge < -0.3 is 14.2 Å². The molecule has 3 heteroatoms. The monoisotopic (exact) mass is 282 g/mol. The summed E-state index contributed by atoms with van der Waals surface area (Å²) in [6, 6.07) is 0. The highest BCUT2D eigenvalue weighted by atomic mass is 16.5. The standard InChI is InChI=1S/C17H30O3/c1-5-8-14-19-16(7-3)17(20-15-9-6-2)12-10-11-13-18-4/h7,10-13,16-17H,3,5-6,8-9,14-15H2,1-2,4H3/b12-10-,13-11+/t16-,17+/m0/s1. The summed E-state index contributed by atoms with van der Waals surface area (Å²) in [5.74, 6) is 0. The number of hydrogen-bond acceptors (Lipinski definition) is 3. The molecule has 0 radical (unpaired) electrons. The van der Waals surface area contributed by atoms with Crippen LogP contribution in [0.3, 0.4) is 0 Å². The molecule has 0 aliphatic heterocycles. The first-order valence-electron chi connectivity index (χ1n) is 7.52. The van der Waals surface area contributed by atoms with Gasteiger partial charge in [0.2, 0.25) is 0 Å². The van der Waals surface area contributed by atoms with E-state index in [0.717, 1.165) is 38.9 Å². The Labute approximate surface area is 124 Å². The van der Waals surface area contributed by atoms with Gasteiger partial charge in [-0.2, -0.15) is 0 Å². The normalized spacial score (nSPS) is 14.8. The van der Waals surface area contributed by atoms with E-state index in [2.05, 4.69) is 20.4 Å². The summed E-state index contributed by atoms with van der Waals surface area (Å²) < 4.78 is 16.6. The molecule has 0 fully saturated rings.